The van der Waals surface area contributed by atoms with Crippen molar-refractivity contribution in [1.29, 1.82) is 0 Å². The van der Waals surface area contributed by atoms with Gasteiger partial charge in [0, 0.05) is 11.1 Å². The van der Waals surface area contributed by atoms with Crippen LogP contribution in [0.25, 0.3) is 22.3 Å². The Bertz CT molecular complexity index is 1130. The third-order valence-electron chi connectivity index (χ3n) is 4.30. The summed E-state index contributed by atoms with van der Waals surface area (Å²) in [6.07, 6.45) is 0. The van der Waals surface area contributed by atoms with Crippen molar-refractivity contribution < 1.29 is 4.79 Å². The van der Waals surface area contributed by atoms with Gasteiger partial charge in [0.15, 0.2) is 5.78 Å². The molecule has 4 heteroatoms. The molecule has 0 N–H and O–H groups in total. The Morgan fingerprint density at radius 2 is 1.42 bits per heavy atom. The molecule has 0 radical (unpaired) electrons. The van der Waals surface area contributed by atoms with Gasteiger partial charge in [-0.2, -0.15) is 0 Å². The predicted molar refractivity (Wildman–Crippen MR) is 102 cm³/mol. The van der Waals surface area contributed by atoms with Gasteiger partial charge >= 0.3 is 0 Å². The first-order valence-electron chi connectivity index (χ1n) is 8.37. The standard InChI is InChI=1S/C22H16N2O2/c25-20(16-9-3-1-4-10-16)15-24-19-14-8-7-13-18(19)23-21(22(24)26)17-11-5-2-6-12-17/h1-14H,15H2. The Balaban J connectivity index is 1.89. The molecule has 4 aromatic rings. The Morgan fingerprint density at radius 1 is 0.808 bits per heavy atom. The molecule has 0 atom stereocenters. The number of hydrogen-bond acceptors (Lipinski definition) is 3. The van der Waals surface area contributed by atoms with E-state index in [1.807, 2.05) is 72.8 Å². The Hall–Kier alpha value is -3.53. The monoisotopic (exact) mass is 340 g/mol. The molecule has 0 aliphatic carbocycles. The summed E-state index contributed by atoms with van der Waals surface area (Å²) in [5.41, 5.74) is 2.75. The van der Waals surface area contributed by atoms with Crippen LogP contribution in [0, 0.1) is 0 Å². The lowest BCUT2D eigenvalue weighted by atomic mass is 10.1. The number of carbonyl (C=O) groups is 1. The van der Waals surface area contributed by atoms with Gasteiger partial charge in [-0.1, -0.05) is 72.8 Å². The molecule has 0 aliphatic heterocycles. The molecule has 26 heavy (non-hydrogen) atoms. The fourth-order valence-corrected chi connectivity index (χ4v) is 2.99. The van der Waals surface area contributed by atoms with Crippen LogP contribution in [-0.2, 0) is 6.54 Å². The molecular weight excluding hydrogens is 324 g/mol. The molecule has 4 rings (SSSR count). The normalized spacial score (nSPS) is 10.8. The summed E-state index contributed by atoms with van der Waals surface area (Å²) in [5, 5.41) is 0. The summed E-state index contributed by atoms with van der Waals surface area (Å²) in [7, 11) is 0. The number of rotatable bonds is 4. The maximum Gasteiger partial charge on any atom is 0.278 e. The van der Waals surface area contributed by atoms with Crippen molar-refractivity contribution in [2.45, 2.75) is 6.54 Å². The second-order valence-corrected chi connectivity index (χ2v) is 6.00. The summed E-state index contributed by atoms with van der Waals surface area (Å²) in [6, 6.07) is 25.7. The van der Waals surface area contributed by atoms with Crippen LogP contribution in [0.5, 0.6) is 0 Å². The van der Waals surface area contributed by atoms with Crippen LogP contribution in [-0.4, -0.2) is 15.3 Å². The van der Waals surface area contributed by atoms with Crippen LogP contribution in [0.1, 0.15) is 10.4 Å². The van der Waals surface area contributed by atoms with E-state index in [0.29, 0.717) is 22.3 Å². The maximum atomic E-state index is 13.1. The van der Waals surface area contributed by atoms with Crippen LogP contribution in [0.2, 0.25) is 0 Å². The SMILES string of the molecule is O=C(Cn1c(=O)c(-c2ccccc2)nc2ccccc21)c1ccccc1. The number of para-hydroxylation sites is 2. The van der Waals surface area contributed by atoms with Gasteiger partial charge in [0.25, 0.3) is 5.56 Å². The summed E-state index contributed by atoms with van der Waals surface area (Å²) in [4.78, 5) is 30.3. The van der Waals surface area contributed by atoms with Gasteiger partial charge in [-0.25, -0.2) is 4.98 Å². The minimum absolute atomic E-state index is 0.0221. The lowest BCUT2D eigenvalue weighted by Crippen LogP contribution is -2.27. The first kappa shape index (κ1) is 16.0. The van der Waals surface area contributed by atoms with Crippen molar-refractivity contribution in [2.75, 3.05) is 0 Å². The van der Waals surface area contributed by atoms with Crippen LogP contribution < -0.4 is 5.56 Å². The number of Topliss-reactive ketones (excluding diaryl/α,β-unsaturated/α-hetero) is 1. The third kappa shape index (κ3) is 2.93. The molecular formula is C22H16N2O2. The highest BCUT2D eigenvalue weighted by Gasteiger charge is 2.15. The summed E-state index contributed by atoms with van der Waals surface area (Å²) in [6.45, 7) is -0.0221. The third-order valence-corrected chi connectivity index (χ3v) is 4.30. The molecule has 0 fully saturated rings. The minimum Gasteiger partial charge on any atom is -0.297 e. The molecule has 3 aromatic carbocycles. The lowest BCUT2D eigenvalue weighted by molar-refractivity contribution is 0.0972. The Kier molecular flexibility index (Phi) is 4.15. The number of nitrogens with zero attached hydrogens (tertiary/aromatic N) is 2. The van der Waals surface area contributed by atoms with Crippen LogP contribution in [0.3, 0.4) is 0 Å². The molecule has 0 amide bonds. The van der Waals surface area contributed by atoms with Crippen molar-refractivity contribution in [3.63, 3.8) is 0 Å². The highest BCUT2D eigenvalue weighted by atomic mass is 16.1. The van der Waals surface area contributed by atoms with Crippen molar-refractivity contribution in [3.8, 4) is 11.3 Å². The molecule has 1 aromatic heterocycles. The first-order valence-corrected chi connectivity index (χ1v) is 8.37. The van der Waals surface area contributed by atoms with E-state index in [0.717, 1.165) is 5.56 Å². The van der Waals surface area contributed by atoms with Gasteiger partial charge in [-0.05, 0) is 12.1 Å². The van der Waals surface area contributed by atoms with E-state index in [1.165, 1.54) is 4.57 Å². The van der Waals surface area contributed by atoms with E-state index in [4.69, 9.17) is 0 Å². The number of benzene rings is 3. The Morgan fingerprint density at radius 3 is 2.15 bits per heavy atom. The van der Waals surface area contributed by atoms with E-state index < -0.39 is 0 Å². The van der Waals surface area contributed by atoms with Crippen molar-refractivity contribution in [2.24, 2.45) is 0 Å². The Labute approximate surface area is 150 Å². The molecule has 0 bridgehead atoms. The van der Waals surface area contributed by atoms with Gasteiger partial charge in [0.05, 0.1) is 17.6 Å². The fourth-order valence-electron chi connectivity index (χ4n) is 2.99. The zero-order valence-corrected chi connectivity index (χ0v) is 14.0. The average molecular weight is 340 g/mol. The van der Waals surface area contributed by atoms with E-state index in [2.05, 4.69) is 4.98 Å². The van der Waals surface area contributed by atoms with Gasteiger partial charge in [0.1, 0.15) is 5.69 Å². The molecule has 4 nitrogen and oxygen atoms in total. The molecule has 0 aliphatic rings. The number of carbonyl (C=O) groups excluding carboxylic acids is 1. The quantitative estimate of drug-likeness (QED) is 0.529. The van der Waals surface area contributed by atoms with Gasteiger partial charge in [-0.3, -0.25) is 14.2 Å². The summed E-state index contributed by atoms with van der Waals surface area (Å²) in [5.74, 6) is -0.108. The molecule has 1 heterocycles. The minimum atomic E-state index is -0.265. The lowest BCUT2D eigenvalue weighted by Gasteiger charge is -2.12. The first-order chi connectivity index (χ1) is 12.7. The van der Waals surface area contributed by atoms with Gasteiger partial charge in [0.2, 0.25) is 0 Å². The number of ketones is 1. The van der Waals surface area contributed by atoms with Crippen molar-refractivity contribution >= 4 is 16.8 Å². The average Bonchev–Trinajstić information content (AvgIpc) is 2.71. The van der Waals surface area contributed by atoms with Crippen LogP contribution >= 0.6 is 0 Å². The summed E-state index contributed by atoms with van der Waals surface area (Å²) < 4.78 is 1.51. The molecule has 126 valence electrons. The van der Waals surface area contributed by atoms with Crippen LogP contribution in [0.4, 0.5) is 0 Å². The number of hydrogen-bond donors (Lipinski definition) is 0. The van der Waals surface area contributed by atoms with Crippen molar-refractivity contribution in [3.05, 3.63) is 101 Å². The van der Waals surface area contributed by atoms with Crippen molar-refractivity contribution in [1.82, 2.24) is 9.55 Å². The zero-order valence-electron chi connectivity index (χ0n) is 14.0. The molecule has 0 saturated heterocycles. The fraction of sp³-hybridized carbons (Fsp3) is 0.0455. The van der Waals surface area contributed by atoms with Gasteiger partial charge < -0.3 is 0 Å². The smallest absolute Gasteiger partial charge is 0.278 e. The molecule has 0 unspecified atom stereocenters. The topological polar surface area (TPSA) is 52.0 Å². The second-order valence-electron chi connectivity index (χ2n) is 6.00. The number of aromatic nitrogens is 2. The molecule has 0 saturated carbocycles. The predicted octanol–water partition coefficient (Wildman–Crippen LogP) is 3.95. The highest BCUT2D eigenvalue weighted by Crippen LogP contribution is 2.17. The second kappa shape index (κ2) is 6.76. The zero-order chi connectivity index (χ0) is 17.9. The van der Waals surface area contributed by atoms with Gasteiger partial charge in [-0.15, -0.1) is 0 Å². The highest BCUT2D eigenvalue weighted by molar-refractivity contribution is 5.96. The summed E-state index contributed by atoms with van der Waals surface area (Å²) >= 11 is 0. The van der Waals surface area contributed by atoms with E-state index in [-0.39, 0.29) is 17.9 Å². The van der Waals surface area contributed by atoms with E-state index in [1.54, 1.807) is 12.1 Å². The van der Waals surface area contributed by atoms with E-state index in [9.17, 15) is 9.59 Å². The molecule has 0 spiro atoms. The maximum absolute atomic E-state index is 13.1. The van der Waals surface area contributed by atoms with Crippen LogP contribution in [0.15, 0.2) is 89.7 Å². The van der Waals surface area contributed by atoms with E-state index >= 15 is 0 Å². The largest absolute Gasteiger partial charge is 0.297 e. The number of fused-ring (bicyclic) bond motifs is 1.